The summed E-state index contributed by atoms with van der Waals surface area (Å²) in [6.45, 7) is 2.19. The van der Waals surface area contributed by atoms with Crippen LogP contribution in [-0.2, 0) is 0 Å². The number of carbonyl (C=O) groups is 1. The lowest BCUT2D eigenvalue weighted by atomic mass is 9.88. The van der Waals surface area contributed by atoms with Crippen LogP contribution in [0.1, 0.15) is 60.9 Å². The Labute approximate surface area is 125 Å². The third-order valence-corrected chi connectivity index (χ3v) is 3.90. The zero-order valence-corrected chi connectivity index (χ0v) is 12.3. The molecule has 0 bridgehead atoms. The van der Waals surface area contributed by atoms with Gasteiger partial charge in [-0.15, -0.1) is 0 Å². The minimum Gasteiger partial charge on any atom is -0.478 e. The van der Waals surface area contributed by atoms with Gasteiger partial charge in [-0.1, -0.05) is 49.6 Å². The molecule has 0 amide bonds. The Hall–Kier alpha value is -1.90. The molecule has 3 heteroatoms. The highest BCUT2D eigenvalue weighted by atomic mass is 19.1. The number of halogens is 1. The van der Waals surface area contributed by atoms with E-state index in [4.69, 9.17) is 5.11 Å². The highest BCUT2D eigenvalue weighted by Crippen LogP contribution is 2.29. The molecule has 1 N–H and O–H groups in total. The van der Waals surface area contributed by atoms with Crippen molar-refractivity contribution in [2.24, 2.45) is 0 Å². The van der Waals surface area contributed by atoms with E-state index in [0.29, 0.717) is 0 Å². The van der Waals surface area contributed by atoms with Gasteiger partial charge in [0, 0.05) is 5.92 Å². The van der Waals surface area contributed by atoms with Crippen LogP contribution in [0.2, 0.25) is 0 Å². The third kappa shape index (κ3) is 4.03. The minimum atomic E-state index is -1.23. The van der Waals surface area contributed by atoms with E-state index in [1.165, 1.54) is 37.0 Å². The van der Waals surface area contributed by atoms with Gasteiger partial charge in [0.25, 0.3) is 0 Å². The van der Waals surface area contributed by atoms with Crippen molar-refractivity contribution < 1.29 is 14.3 Å². The molecule has 2 rings (SSSR count). The Morgan fingerprint density at radius 3 is 2.76 bits per heavy atom. The minimum absolute atomic E-state index is 0.136. The number of rotatable bonds is 6. The van der Waals surface area contributed by atoms with Gasteiger partial charge in [-0.2, -0.15) is 0 Å². The Kier molecular flexibility index (Phi) is 5.32. The zero-order valence-electron chi connectivity index (χ0n) is 12.3. The fraction of sp³-hybridized carbons (Fsp3) is 0.389. The van der Waals surface area contributed by atoms with Crippen LogP contribution in [0.5, 0.6) is 0 Å². The fourth-order valence-electron chi connectivity index (χ4n) is 2.61. The summed E-state index contributed by atoms with van der Waals surface area (Å²) in [6.07, 6.45) is 12.0. The average Bonchev–Trinajstić information content (AvgIpc) is 2.48. The molecule has 0 fully saturated rings. The smallest absolute Gasteiger partial charge is 0.338 e. The van der Waals surface area contributed by atoms with E-state index in [1.807, 2.05) is 0 Å². The molecular weight excluding hydrogens is 267 g/mol. The largest absolute Gasteiger partial charge is 0.478 e. The number of unbranched alkanes of at least 4 members (excludes halogenated alkanes) is 2. The van der Waals surface area contributed by atoms with Crippen molar-refractivity contribution >= 4 is 5.97 Å². The fourth-order valence-corrected chi connectivity index (χ4v) is 2.61. The number of aromatic carboxylic acids is 1. The molecule has 0 saturated carbocycles. The topological polar surface area (TPSA) is 37.3 Å². The SMILES string of the molecule is CCCCCC1=CCC(c2ccc(C(=O)O)c(F)c2)C=C1. The molecule has 0 heterocycles. The summed E-state index contributed by atoms with van der Waals surface area (Å²) in [5, 5.41) is 8.84. The van der Waals surface area contributed by atoms with Crippen molar-refractivity contribution in [1.82, 2.24) is 0 Å². The van der Waals surface area contributed by atoms with E-state index in [2.05, 4.69) is 25.2 Å². The Morgan fingerprint density at radius 1 is 1.38 bits per heavy atom. The maximum atomic E-state index is 13.7. The zero-order chi connectivity index (χ0) is 15.2. The standard InChI is InChI=1S/C18H21FO2/c1-2-3-4-5-13-6-8-14(9-7-13)15-10-11-16(18(20)21)17(19)12-15/h6-8,10-12,14H,2-5,9H2,1H3,(H,20,21). The highest BCUT2D eigenvalue weighted by molar-refractivity contribution is 5.87. The predicted molar refractivity (Wildman–Crippen MR) is 82.1 cm³/mol. The molecule has 1 unspecified atom stereocenters. The molecule has 0 radical (unpaired) electrons. The molecule has 0 spiro atoms. The molecular formula is C18H21FO2. The van der Waals surface area contributed by atoms with Gasteiger partial charge in [-0.3, -0.25) is 0 Å². The van der Waals surface area contributed by atoms with Crippen molar-refractivity contribution in [2.45, 2.75) is 44.9 Å². The van der Waals surface area contributed by atoms with Crippen LogP contribution < -0.4 is 0 Å². The molecule has 0 saturated heterocycles. The Balaban J connectivity index is 2.01. The molecule has 1 aromatic carbocycles. The van der Waals surface area contributed by atoms with Gasteiger partial charge in [0.15, 0.2) is 0 Å². The van der Waals surface area contributed by atoms with Crippen molar-refractivity contribution in [1.29, 1.82) is 0 Å². The van der Waals surface area contributed by atoms with Gasteiger partial charge < -0.3 is 5.11 Å². The van der Waals surface area contributed by atoms with E-state index in [0.717, 1.165) is 18.4 Å². The summed E-state index contributed by atoms with van der Waals surface area (Å²) in [7, 11) is 0. The van der Waals surface area contributed by atoms with E-state index < -0.39 is 11.8 Å². The molecule has 112 valence electrons. The quantitative estimate of drug-likeness (QED) is 0.742. The van der Waals surface area contributed by atoms with Crippen molar-refractivity contribution in [3.63, 3.8) is 0 Å². The summed E-state index contributed by atoms with van der Waals surface area (Å²) >= 11 is 0. The summed E-state index contributed by atoms with van der Waals surface area (Å²) < 4.78 is 13.7. The summed E-state index contributed by atoms with van der Waals surface area (Å²) in [6, 6.07) is 4.40. The number of hydrogen-bond donors (Lipinski definition) is 1. The summed E-state index contributed by atoms with van der Waals surface area (Å²) in [5.74, 6) is -1.75. The van der Waals surface area contributed by atoms with Crippen LogP contribution in [0.25, 0.3) is 0 Å². The summed E-state index contributed by atoms with van der Waals surface area (Å²) in [4.78, 5) is 10.8. The van der Waals surface area contributed by atoms with Gasteiger partial charge in [0.1, 0.15) is 5.82 Å². The molecule has 1 aromatic rings. The Morgan fingerprint density at radius 2 is 2.19 bits per heavy atom. The van der Waals surface area contributed by atoms with E-state index in [-0.39, 0.29) is 11.5 Å². The van der Waals surface area contributed by atoms with Crippen LogP contribution >= 0.6 is 0 Å². The van der Waals surface area contributed by atoms with Gasteiger partial charge in [-0.05, 0) is 37.0 Å². The van der Waals surface area contributed by atoms with Gasteiger partial charge in [0.2, 0.25) is 0 Å². The molecule has 2 nitrogen and oxygen atoms in total. The second kappa shape index (κ2) is 7.21. The lowest BCUT2D eigenvalue weighted by Crippen LogP contribution is -2.04. The lowest BCUT2D eigenvalue weighted by molar-refractivity contribution is 0.0692. The number of allylic oxidation sites excluding steroid dienone is 4. The van der Waals surface area contributed by atoms with Gasteiger partial charge in [0.05, 0.1) is 5.56 Å². The molecule has 1 atom stereocenters. The highest BCUT2D eigenvalue weighted by Gasteiger charge is 2.15. The number of hydrogen-bond acceptors (Lipinski definition) is 1. The van der Waals surface area contributed by atoms with E-state index in [9.17, 15) is 9.18 Å². The Bertz CT molecular complexity index is 573. The summed E-state index contributed by atoms with van der Waals surface area (Å²) in [5.41, 5.74) is 1.91. The maximum absolute atomic E-state index is 13.7. The van der Waals surface area contributed by atoms with Crippen molar-refractivity contribution in [2.75, 3.05) is 0 Å². The number of carboxylic acids is 1. The first-order chi connectivity index (χ1) is 10.1. The first kappa shape index (κ1) is 15.5. The lowest BCUT2D eigenvalue weighted by Gasteiger charge is -2.17. The monoisotopic (exact) mass is 288 g/mol. The van der Waals surface area contributed by atoms with Crippen LogP contribution in [0, 0.1) is 5.82 Å². The van der Waals surface area contributed by atoms with Crippen LogP contribution in [0.3, 0.4) is 0 Å². The third-order valence-electron chi connectivity index (χ3n) is 3.90. The van der Waals surface area contributed by atoms with Gasteiger partial charge in [-0.25, -0.2) is 9.18 Å². The predicted octanol–water partition coefficient (Wildman–Crippen LogP) is 5.07. The molecule has 21 heavy (non-hydrogen) atoms. The maximum Gasteiger partial charge on any atom is 0.338 e. The number of benzene rings is 1. The van der Waals surface area contributed by atoms with Crippen molar-refractivity contribution in [3.8, 4) is 0 Å². The second-order valence-electron chi connectivity index (χ2n) is 5.48. The van der Waals surface area contributed by atoms with Crippen LogP contribution in [-0.4, -0.2) is 11.1 Å². The van der Waals surface area contributed by atoms with E-state index >= 15 is 0 Å². The molecule has 1 aliphatic carbocycles. The first-order valence-electron chi connectivity index (χ1n) is 7.51. The molecule has 0 aliphatic heterocycles. The first-order valence-corrected chi connectivity index (χ1v) is 7.51. The molecule has 1 aliphatic rings. The van der Waals surface area contributed by atoms with Crippen LogP contribution in [0.15, 0.2) is 42.0 Å². The normalized spacial score (nSPS) is 17.6. The molecule has 0 aromatic heterocycles. The van der Waals surface area contributed by atoms with Crippen molar-refractivity contribution in [3.05, 3.63) is 58.9 Å². The second-order valence-corrected chi connectivity index (χ2v) is 5.48. The van der Waals surface area contributed by atoms with E-state index in [1.54, 1.807) is 6.07 Å². The number of carboxylic acid groups (broad SMARTS) is 1. The van der Waals surface area contributed by atoms with Crippen LogP contribution in [0.4, 0.5) is 4.39 Å². The average molecular weight is 288 g/mol. The van der Waals surface area contributed by atoms with Gasteiger partial charge >= 0.3 is 5.97 Å².